The molecule has 6 aromatic rings. The number of hydrogen-bond acceptors (Lipinski definition) is 1. The van der Waals surface area contributed by atoms with Gasteiger partial charge in [-0.1, -0.05) is 158 Å². The number of rotatable bonds is 8. The SMILES string of the molecule is C(=C\c1ccc(-c2ccc(/C=C/c3ccccc3)cc2N(c2ccccc2)c2ccccc2)cc1)/c1ccccc1. The number of anilines is 3. The summed E-state index contributed by atoms with van der Waals surface area (Å²) in [7, 11) is 0. The number of benzene rings is 6. The minimum Gasteiger partial charge on any atom is -0.310 e. The van der Waals surface area contributed by atoms with Gasteiger partial charge < -0.3 is 4.90 Å². The van der Waals surface area contributed by atoms with Crippen molar-refractivity contribution < 1.29 is 0 Å². The molecular weight excluding hydrogens is 494 g/mol. The zero-order chi connectivity index (χ0) is 27.7. The monoisotopic (exact) mass is 525 g/mol. The Bertz CT molecular complexity index is 1700. The highest BCUT2D eigenvalue weighted by molar-refractivity contribution is 5.90. The normalized spacial score (nSPS) is 11.2. The number of hydrogen-bond donors (Lipinski definition) is 0. The maximum atomic E-state index is 2.35. The Kier molecular flexibility index (Phi) is 7.97. The van der Waals surface area contributed by atoms with Crippen molar-refractivity contribution in [3.63, 3.8) is 0 Å². The molecule has 6 rings (SSSR count). The summed E-state index contributed by atoms with van der Waals surface area (Å²) in [5.41, 5.74) is 10.4. The third-order valence-corrected chi connectivity index (χ3v) is 7.05. The van der Waals surface area contributed by atoms with Gasteiger partial charge >= 0.3 is 0 Å². The zero-order valence-electron chi connectivity index (χ0n) is 22.8. The fraction of sp³-hybridized carbons (Fsp3) is 0. The summed E-state index contributed by atoms with van der Waals surface area (Å²) >= 11 is 0. The van der Waals surface area contributed by atoms with Crippen LogP contribution in [0, 0.1) is 0 Å². The highest BCUT2D eigenvalue weighted by atomic mass is 15.1. The van der Waals surface area contributed by atoms with Gasteiger partial charge in [0.1, 0.15) is 0 Å². The summed E-state index contributed by atoms with van der Waals surface area (Å²) in [4.78, 5) is 2.35. The fourth-order valence-electron chi connectivity index (χ4n) is 4.95. The van der Waals surface area contributed by atoms with E-state index in [0.717, 1.165) is 22.6 Å². The largest absolute Gasteiger partial charge is 0.310 e. The van der Waals surface area contributed by atoms with Crippen molar-refractivity contribution in [2.75, 3.05) is 4.90 Å². The summed E-state index contributed by atoms with van der Waals surface area (Å²) in [5, 5.41) is 0. The molecular formula is C40H31N. The predicted molar refractivity (Wildman–Crippen MR) is 177 cm³/mol. The highest BCUT2D eigenvalue weighted by Crippen LogP contribution is 2.41. The zero-order valence-corrected chi connectivity index (χ0v) is 22.8. The standard InChI is InChI=1S/C40H31N/c1-5-13-32(14-6-1)21-22-34-25-28-36(29-26-34)39-30-27-35(24-23-33-15-7-2-8-16-33)31-40(39)41(37-17-9-3-10-18-37)38-19-11-4-12-20-38/h1-31H/b22-21+,24-23+. The first-order valence-corrected chi connectivity index (χ1v) is 13.9. The summed E-state index contributed by atoms with van der Waals surface area (Å²) in [6, 6.07) is 57.6. The van der Waals surface area contributed by atoms with Gasteiger partial charge in [-0.05, 0) is 58.1 Å². The second kappa shape index (κ2) is 12.6. The Balaban J connectivity index is 1.43. The summed E-state index contributed by atoms with van der Waals surface area (Å²) in [5.74, 6) is 0. The Hall–Kier alpha value is -5.40. The van der Waals surface area contributed by atoms with Crippen LogP contribution in [0.3, 0.4) is 0 Å². The molecule has 0 saturated carbocycles. The highest BCUT2D eigenvalue weighted by Gasteiger charge is 2.17. The van der Waals surface area contributed by atoms with Crippen molar-refractivity contribution >= 4 is 41.4 Å². The molecule has 0 radical (unpaired) electrons. The molecule has 0 unspecified atom stereocenters. The third-order valence-electron chi connectivity index (χ3n) is 7.05. The van der Waals surface area contributed by atoms with Crippen molar-refractivity contribution in [1.82, 2.24) is 0 Å². The van der Waals surface area contributed by atoms with Crippen molar-refractivity contribution in [2.24, 2.45) is 0 Å². The molecule has 6 aromatic carbocycles. The second-order valence-electron chi connectivity index (χ2n) is 9.89. The van der Waals surface area contributed by atoms with Crippen molar-refractivity contribution in [3.05, 3.63) is 186 Å². The van der Waals surface area contributed by atoms with Crippen LogP contribution in [0.4, 0.5) is 17.1 Å². The summed E-state index contributed by atoms with van der Waals surface area (Å²) in [6.07, 6.45) is 8.68. The average molecular weight is 526 g/mol. The van der Waals surface area contributed by atoms with Crippen LogP contribution in [-0.4, -0.2) is 0 Å². The maximum Gasteiger partial charge on any atom is 0.0545 e. The van der Waals surface area contributed by atoms with Crippen LogP contribution in [0.2, 0.25) is 0 Å². The second-order valence-corrected chi connectivity index (χ2v) is 9.89. The molecule has 1 nitrogen and oxygen atoms in total. The third kappa shape index (κ3) is 6.43. The van der Waals surface area contributed by atoms with Gasteiger partial charge in [-0.3, -0.25) is 0 Å². The first-order chi connectivity index (χ1) is 20.3. The van der Waals surface area contributed by atoms with Crippen LogP contribution in [0.5, 0.6) is 0 Å². The van der Waals surface area contributed by atoms with E-state index in [-0.39, 0.29) is 0 Å². The van der Waals surface area contributed by atoms with E-state index in [2.05, 4.69) is 181 Å². The average Bonchev–Trinajstić information content (AvgIpc) is 3.05. The number of para-hydroxylation sites is 2. The molecule has 0 aromatic heterocycles. The molecule has 0 atom stereocenters. The molecule has 0 spiro atoms. The minimum atomic E-state index is 1.12. The molecule has 0 amide bonds. The van der Waals surface area contributed by atoms with Crippen LogP contribution < -0.4 is 4.90 Å². The maximum absolute atomic E-state index is 2.35. The van der Waals surface area contributed by atoms with Crippen molar-refractivity contribution in [2.45, 2.75) is 0 Å². The van der Waals surface area contributed by atoms with E-state index in [9.17, 15) is 0 Å². The van der Waals surface area contributed by atoms with E-state index < -0.39 is 0 Å². The topological polar surface area (TPSA) is 3.24 Å². The molecule has 1 heteroatoms. The van der Waals surface area contributed by atoms with Crippen LogP contribution in [-0.2, 0) is 0 Å². The van der Waals surface area contributed by atoms with Gasteiger partial charge in [0.05, 0.1) is 5.69 Å². The first kappa shape index (κ1) is 25.9. The lowest BCUT2D eigenvalue weighted by molar-refractivity contribution is 1.28. The minimum absolute atomic E-state index is 1.12. The molecule has 41 heavy (non-hydrogen) atoms. The fourth-order valence-corrected chi connectivity index (χ4v) is 4.95. The number of nitrogens with zero attached hydrogens (tertiary/aromatic N) is 1. The molecule has 0 fully saturated rings. The van der Waals surface area contributed by atoms with E-state index in [1.54, 1.807) is 0 Å². The summed E-state index contributed by atoms with van der Waals surface area (Å²) in [6.45, 7) is 0. The Labute approximate surface area is 243 Å². The van der Waals surface area contributed by atoms with Gasteiger partial charge in [0.2, 0.25) is 0 Å². The first-order valence-electron chi connectivity index (χ1n) is 13.9. The molecule has 0 bridgehead atoms. The lowest BCUT2D eigenvalue weighted by atomic mass is 9.98. The Morgan fingerprint density at radius 1 is 0.341 bits per heavy atom. The van der Waals surface area contributed by atoms with Crippen LogP contribution in [0.15, 0.2) is 164 Å². The Morgan fingerprint density at radius 2 is 0.732 bits per heavy atom. The van der Waals surface area contributed by atoms with E-state index in [1.165, 1.54) is 27.8 Å². The Morgan fingerprint density at radius 3 is 1.22 bits per heavy atom. The predicted octanol–water partition coefficient (Wildman–Crippen LogP) is 11.2. The van der Waals surface area contributed by atoms with Crippen molar-refractivity contribution in [1.29, 1.82) is 0 Å². The van der Waals surface area contributed by atoms with Crippen LogP contribution in [0.25, 0.3) is 35.4 Å². The van der Waals surface area contributed by atoms with E-state index in [0.29, 0.717) is 0 Å². The van der Waals surface area contributed by atoms with Gasteiger partial charge in [0, 0.05) is 16.9 Å². The van der Waals surface area contributed by atoms with Crippen molar-refractivity contribution in [3.8, 4) is 11.1 Å². The van der Waals surface area contributed by atoms with Crippen LogP contribution >= 0.6 is 0 Å². The molecule has 0 aliphatic heterocycles. The van der Waals surface area contributed by atoms with Gasteiger partial charge in [-0.2, -0.15) is 0 Å². The summed E-state index contributed by atoms with van der Waals surface area (Å²) < 4.78 is 0. The molecule has 0 saturated heterocycles. The molecule has 196 valence electrons. The molecule has 0 aliphatic rings. The lowest BCUT2D eigenvalue weighted by Gasteiger charge is -2.28. The lowest BCUT2D eigenvalue weighted by Crippen LogP contribution is -2.11. The van der Waals surface area contributed by atoms with Gasteiger partial charge in [-0.15, -0.1) is 0 Å². The molecule has 0 heterocycles. The smallest absolute Gasteiger partial charge is 0.0545 e. The van der Waals surface area contributed by atoms with Gasteiger partial charge in [-0.25, -0.2) is 0 Å². The van der Waals surface area contributed by atoms with E-state index in [4.69, 9.17) is 0 Å². The van der Waals surface area contributed by atoms with E-state index >= 15 is 0 Å². The quantitative estimate of drug-likeness (QED) is 0.179. The van der Waals surface area contributed by atoms with E-state index in [1.807, 2.05) is 12.1 Å². The van der Waals surface area contributed by atoms with Crippen LogP contribution in [0.1, 0.15) is 22.3 Å². The molecule has 0 aliphatic carbocycles. The molecule has 0 N–H and O–H groups in total. The van der Waals surface area contributed by atoms with Gasteiger partial charge in [0.25, 0.3) is 0 Å². The van der Waals surface area contributed by atoms with Gasteiger partial charge in [0.15, 0.2) is 0 Å².